The van der Waals surface area contributed by atoms with Crippen LogP contribution in [0.5, 0.6) is 0 Å². The Labute approximate surface area is 106 Å². The third kappa shape index (κ3) is 3.69. The molecule has 0 atom stereocenters. The van der Waals surface area contributed by atoms with Crippen molar-refractivity contribution in [1.82, 2.24) is 10.2 Å². The van der Waals surface area contributed by atoms with Gasteiger partial charge in [0.05, 0.1) is 32.6 Å². The zero-order valence-electron chi connectivity index (χ0n) is 9.72. The quantitative estimate of drug-likeness (QED) is 0.810. The summed E-state index contributed by atoms with van der Waals surface area (Å²) in [5.74, 6) is 0.856. The molecule has 17 heavy (non-hydrogen) atoms. The van der Waals surface area contributed by atoms with Gasteiger partial charge in [-0.15, -0.1) is 0 Å². The second-order valence-electron chi connectivity index (χ2n) is 3.79. The van der Waals surface area contributed by atoms with E-state index in [9.17, 15) is 0 Å². The highest BCUT2D eigenvalue weighted by molar-refractivity contribution is 7.80. The molecule has 1 aliphatic heterocycles. The van der Waals surface area contributed by atoms with E-state index in [1.165, 1.54) is 0 Å². The van der Waals surface area contributed by atoms with Gasteiger partial charge in [-0.2, -0.15) is 0 Å². The third-order valence-corrected chi connectivity index (χ3v) is 2.91. The first kappa shape index (κ1) is 12.3. The van der Waals surface area contributed by atoms with Crippen LogP contribution in [0.1, 0.15) is 5.76 Å². The first-order valence-corrected chi connectivity index (χ1v) is 5.91. The van der Waals surface area contributed by atoms with Crippen LogP contribution in [0.2, 0.25) is 0 Å². The minimum absolute atomic E-state index is 0.177. The van der Waals surface area contributed by atoms with E-state index in [-0.39, 0.29) is 6.29 Å². The Hall–Kier alpha value is -1.11. The lowest BCUT2D eigenvalue weighted by molar-refractivity contribution is -0.0498. The lowest BCUT2D eigenvalue weighted by Gasteiger charge is -2.23. The molecule has 94 valence electrons. The van der Waals surface area contributed by atoms with Crippen LogP contribution in [0.15, 0.2) is 22.8 Å². The van der Waals surface area contributed by atoms with Crippen molar-refractivity contribution in [2.45, 2.75) is 12.8 Å². The van der Waals surface area contributed by atoms with Gasteiger partial charge in [0.1, 0.15) is 5.76 Å². The summed E-state index contributed by atoms with van der Waals surface area (Å²) in [4.78, 5) is 1.90. The van der Waals surface area contributed by atoms with Crippen LogP contribution in [-0.2, 0) is 16.0 Å². The van der Waals surface area contributed by atoms with E-state index < -0.39 is 0 Å². The number of ether oxygens (including phenoxy) is 2. The van der Waals surface area contributed by atoms with Crippen LogP contribution >= 0.6 is 12.2 Å². The van der Waals surface area contributed by atoms with Gasteiger partial charge in [-0.25, -0.2) is 0 Å². The van der Waals surface area contributed by atoms with Gasteiger partial charge >= 0.3 is 0 Å². The number of nitrogens with zero attached hydrogens (tertiary/aromatic N) is 1. The fourth-order valence-electron chi connectivity index (χ4n) is 1.53. The summed E-state index contributed by atoms with van der Waals surface area (Å²) in [6.07, 6.45) is 1.47. The summed E-state index contributed by atoms with van der Waals surface area (Å²) in [5.41, 5.74) is 0. The molecular weight excluding hydrogens is 240 g/mol. The maximum Gasteiger partial charge on any atom is 0.175 e. The predicted molar refractivity (Wildman–Crippen MR) is 66.5 cm³/mol. The molecule has 0 saturated carbocycles. The summed E-state index contributed by atoms with van der Waals surface area (Å²) in [6.45, 7) is 2.53. The molecule has 0 unspecified atom stereocenters. The monoisotopic (exact) mass is 256 g/mol. The van der Waals surface area contributed by atoms with Crippen LogP contribution in [0.4, 0.5) is 0 Å². The Morgan fingerprint density at radius 2 is 2.29 bits per heavy atom. The van der Waals surface area contributed by atoms with E-state index in [1.54, 1.807) is 6.26 Å². The van der Waals surface area contributed by atoms with Crippen molar-refractivity contribution in [1.29, 1.82) is 0 Å². The van der Waals surface area contributed by atoms with E-state index in [0.29, 0.717) is 31.4 Å². The molecule has 1 fully saturated rings. The topological polar surface area (TPSA) is 46.9 Å². The van der Waals surface area contributed by atoms with Crippen molar-refractivity contribution < 1.29 is 13.9 Å². The highest BCUT2D eigenvalue weighted by atomic mass is 32.1. The van der Waals surface area contributed by atoms with Crippen molar-refractivity contribution in [2.75, 3.05) is 26.8 Å². The van der Waals surface area contributed by atoms with E-state index in [2.05, 4.69) is 5.32 Å². The minimum Gasteiger partial charge on any atom is -0.467 e. The molecule has 2 rings (SSSR count). The lowest BCUT2D eigenvalue weighted by Crippen LogP contribution is -2.41. The van der Waals surface area contributed by atoms with Crippen LogP contribution in [-0.4, -0.2) is 43.1 Å². The number of hydrogen-bond acceptors (Lipinski definition) is 4. The largest absolute Gasteiger partial charge is 0.467 e. The summed E-state index contributed by atoms with van der Waals surface area (Å²) in [6, 6.07) is 3.75. The standard InChI is InChI=1S/C11H16N2O3S/c1-13(8-10-15-5-6-16-10)11(17)12-7-9-3-2-4-14-9/h2-4,10H,5-8H2,1H3,(H,12,17). The van der Waals surface area contributed by atoms with Crippen LogP contribution in [0.3, 0.4) is 0 Å². The number of hydrogen-bond donors (Lipinski definition) is 1. The summed E-state index contributed by atoms with van der Waals surface area (Å²) >= 11 is 5.25. The summed E-state index contributed by atoms with van der Waals surface area (Å²) in [7, 11) is 1.91. The fourth-order valence-corrected chi connectivity index (χ4v) is 1.68. The van der Waals surface area contributed by atoms with Gasteiger partial charge in [0, 0.05) is 7.05 Å². The zero-order chi connectivity index (χ0) is 12.1. The molecular formula is C11H16N2O3S. The van der Waals surface area contributed by atoms with Crippen molar-refractivity contribution in [3.05, 3.63) is 24.2 Å². The second-order valence-corrected chi connectivity index (χ2v) is 4.18. The maximum absolute atomic E-state index is 5.35. The van der Waals surface area contributed by atoms with Gasteiger partial charge in [0.25, 0.3) is 0 Å². The first-order chi connectivity index (χ1) is 8.25. The molecule has 1 aromatic rings. The van der Waals surface area contributed by atoms with Gasteiger partial charge in [-0.05, 0) is 24.4 Å². The first-order valence-electron chi connectivity index (χ1n) is 5.50. The van der Waals surface area contributed by atoms with Gasteiger partial charge in [-0.1, -0.05) is 0 Å². The molecule has 6 heteroatoms. The normalized spacial score (nSPS) is 16.1. The van der Waals surface area contributed by atoms with E-state index in [4.69, 9.17) is 26.1 Å². The average Bonchev–Trinajstić information content (AvgIpc) is 2.98. The number of rotatable bonds is 4. The molecule has 1 aliphatic rings. The van der Waals surface area contributed by atoms with E-state index >= 15 is 0 Å². The summed E-state index contributed by atoms with van der Waals surface area (Å²) < 4.78 is 15.9. The number of likely N-dealkylation sites (N-methyl/N-ethyl adjacent to an activating group) is 1. The Balaban J connectivity index is 1.71. The van der Waals surface area contributed by atoms with Crippen LogP contribution in [0.25, 0.3) is 0 Å². The van der Waals surface area contributed by atoms with Gasteiger partial charge in [-0.3, -0.25) is 0 Å². The molecule has 0 radical (unpaired) electrons. The molecule has 5 nitrogen and oxygen atoms in total. The minimum atomic E-state index is -0.177. The number of furan rings is 1. The second kappa shape index (κ2) is 6.00. The van der Waals surface area contributed by atoms with Crippen molar-refractivity contribution in [3.63, 3.8) is 0 Å². The van der Waals surface area contributed by atoms with Gasteiger partial charge < -0.3 is 24.1 Å². The lowest BCUT2D eigenvalue weighted by atomic mass is 10.4. The van der Waals surface area contributed by atoms with Crippen molar-refractivity contribution in [3.8, 4) is 0 Å². The molecule has 1 N–H and O–H groups in total. The van der Waals surface area contributed by atoms with Crippen LogP contribution < -0.4 is 5.32 Å². The SMILES string of the molecule is CN(CC1OCCO1)C(=S)NCc1ccco1. The van der Waals surface area contributed by atoms with Gasteiger partial charge in [0.2, 0.25) is 0 Å². The van der Waals surface area contributed by atoms with Crippen molar-refractivity contribution >= 4 is 17.3 Å². The highest BCUT2D eigenvalue weighted by Gasteiger charge is 2.18. The van der Waals surface area contributed by atoms with Crippen molar-refractivity contribution in [2.24, 2.45) is 0 Å². The Kier molecular flexibility index (Phi) is 4.36. The molecule has 0 bridgehead atoms. The van der Waals surface area contributed by atoms with Crippen LogP contribution in [0, 0.1) is 0 Å². The van der Waals surface area contributed by atoms with Gasteiger partial charge in [0.15, 0.2) is 11.4 Å². The summed E-state index contributed by atoms with van der Waals surface area (Å²) in [5, 5.41) is 3.76. The third-order valence-electron chi connectivity index (χ3n) is 2.45. The number of thiocarbonyl (C=S) groups is 1. The molecule has 0 amide bonds. The molecule has 2 heterocycles. The fraction of sp³-hybridized carbons (Fsp3) is 0.545. The number of nitrogens with one attached hydrogen (secondary N) is 1. The average molecular weight is 256 g/mol. The highest BCUT2D eigenvalue weighted by Crippen LogP contribution is 2.05. The molecule has 1 saturated heterocycles. The van der Waals surface area contributed by atoms with E-state index in [0.717, 1.165) is 5.76 Å². The maximum atomic E-state index is 5.35. The molecule has 0 aliphatic carbocycles. The molecule has 1 aromatic heterocycles. The molecule has 0 aromatic carbocycles. The molecule has 0 spiro atoms. The Bertz CT molecular complexity index is 350. The Morgan fingerprint density at radius 1 is 1.53 bits per heavy atom. The van der Waals surface area contributed by atoms with E-state index in [1.807, 2.05) is 24.1 Å². The zero-order valence-corrected chi connectivity index (χ0v) is 10.5. The smallest absolute Gasteiger partial charge is 0.175 e. The Morgan fingerprint density at radius 3 is 2.94 bits per heavy atom. The predicted octanol–water partition coefficient (Wildman–Crippen LogP) is 0.959.